The Labute approximate surface area is 168 Å². The number of sulfonamides is 1. The van der Waals surface area contributed by atoms with Gasteiger partial charge < -0.3 is 5.32 Å². The minimum absolute atomic E-state index is 0.0895. The summed E-state index contributed by atoms with van der Waals surface area (Å²) in [6.07, 6.45) is 4.73. The van der Waals surface area contributed by atoms with Gasteiger partial charge in [0.1, 0.15) is 0 Å². The van der Waals surface area contributed by atoms with E-state index in [0.717, 1.165) is 16.7 Å². The molecule has 1 heterocycles. The number of benzene rings is 2. The molecule has 3 aromatic rings. The predicted molar refractivity (Wildman–Crippen MR) is 113 cm³/mol. The molecule has 0 saturated carbocycles. The molecule has 2 aromatic carbocycles. The average Bonchev–Trinajstić information content (AvgIpc) is 3.15. The van der Waals surface area contributed by atoms with Crippen LogP contribution in [0.5, 0.6) is 0 Å². The van der Waals surface area contributed by atoms with E-state index in [2.05, 4.69) is 15.0 Å². The molecule has 0 fully saturated rings. The van der Waals surface area contributed by atoms with Gasteiger partial charge in [0.15, 0.2) is 5.13 Å². The van der Waals surface area contributed by atoms with Crippen LogP contribution >= 0.6 is 11.3 Å². The second-order valence-electron chi connectivity index (χ2n) is 6.15. The number of aromatic nitrogens is 1. The van der Waals surface area contributed by atoms with Crippen molar-refractivity contribution < 1.29 is 13.2 Å². The molecule has 2 N–H and O–H groups in total. The fraction of sp³-hybridized carbons (Fsp3) is 0.100. The van der Waals surface area contributed by atoms with Crippen LogP contribution < -0.4 is 10.0 Å². The zero-order chi connectivity index (χ0) is 20.1. The predicted octanol–water partition coefficient (Wildman–Crippen LogP) is 4.21. The van der Waals surface area contributed by atoms with Crippen molar-refractivity contribution in [2.75, 3.05) is 10.0 Å². The molecule has 0 aliphatic heterocycles. The Hall–Kier alpha value is -2.97. The van der Waals surface area contributed by atoms with Crippen LogP contribution in [0.1, 0.15) is 16.7 Å². The largest absolute Gasteiger partial charge is 0.323 e. The van der Waals surface area contributed by atoms with Crippen molar-refractivity contribution in [3.05, 3.63) is 76.8 Å². The minimum atomic E-state index is -3.71. The molecule has 6 nitrogen and oxygen atoms in total. The fourth-order valence-corrected chi connectivity index (χ4v) is 4.24. The number of carbonyl (C=O) groups excluding carboxylic acids is 1. The Morgan fingerprint density at radius 3 is 2.54 bits per heavy atom. The van der Waals surface area contributed by atoms with Crippen LogP contribution in [0, 0.1) is 13.8 Å². The molecule has 1 amide bonds. The first-order valence-corrected chi connectivity index (χ1v) is 10.8. The van der Waals surface area contributed by atoms with Gasteiger partial charge in [0.05, 0.1) is 4.90 Å². The summed E-state index contributed by atoms with van der Waals surface area (Å²) in [6, 6.07) is 12.0. The zero-order valence-corrected chi connectivity index (χ0v) is 17.0. The Kier molecular flexibility index (Phi) is 5.91. The van der Waals surface area contributed by atoms with Gasteiger partial charge in [-0.2, -0.15) is 0 Å². The molecule has 0 unspecified atom stereocenters. The molecule has 0 atom stereocenters. The van der Waals surface area contributed by atoms with Crippen molar-refractivity contribution in [1.29, 1.82) is 0 Å². The summed E-state index contributed by atoms with van der Waals surface area (Å²) in [7, 11) is -3.71. The van der Waals surface area contributed by atoms with E-state index in [0.29, 0.717) is 10.8 Å². The molecule has 8 heteroatoms. The highest BCUT2D eigenvalue weighted by molar-refractivity contribution is 7.93. The SMILES string of the molecule is Cc1ccc(C)c(C=CC(=O)Nc2ccc(S(=O)(=O)Nc3nccs3)cc2)c1. The molecule has 0 bridgehead atoms. The standard InChI is InChI=1S/C20H19N3O3S2/c1-14-3-4-15(2)16(13-14)5-10-19(24)22-17-6-8-18(9-7-17)28(25,26)23-20-21-11-12-27-20/h3-13H,1-2H3,(H,21,23)(H,22,24). The van der Waals surface area contributed by atoms with Gasteiger partial charge in [0.25, 0.3) is 10.0 Å². The highest BCUT2D eigenvalue weighted by Gasteiger charge is 2.15. The second-order valence-corrected chi connectivity index (χ2v) is 8.73. The van der Waals surface area contributed by atoms with Gasteiger partial charge in [-0.1, -0.05) is 23.8 Å². The molecule has 0 spiro atoms. The van der Waals surface area contributed by atoms with E-state index in [1.165, 1.54) is 35.7 Å². The molecular formula is C20H19N3O3S2. The Morgan fingerprint density at radius 2 is 1.86 bits per heavy atom. The molecule has 0 aliphatic carbocycles. The van der Waals surface area contributed by atoms with E-state index in [1.807, 2.05) is 32.0 Å². The van der Waals surface area contributed by atoms with E-state index in [1.54, 1.807) is 23.6 Å². The maximum atomic E-state index is 12.3. The van der Waals surface area contributed by atoms with Crippen LogP contribution in [0.15, 0.2) is 65.0 Å². The first-order chi connectivity index (χ1) is 13.3. The monoisotopic (exact) mass is 413 g/mol. The van der Waals surface area contributed by atoms with E-state index < -0.39 is 10.0 Å². The highest BCUT2D eigenvalue weighted by atomic mass is 32.2. The van der Waals surface area contributed by atoms with Crippen LogP contribution in [0.4, 0.5) is 10.8 Å². The smallest absolute Gasteiger partial charge is 0.263 e. The topological polar surface area (TPSA) is 88.2 Å². The van der Waals surface area contributed by atoms with E-state index in [4.69, 9.17) is 0 Å². The van der Waals surface area contributed by atoms with Crippen LogP contribution in [0.25, 0.3) is 6.08 Å². The summed E-state index contributed by atoms with van der Waals surface area (Å²) >= 11 is 1.20. The Balaban J connectivity index is 1.66. The van der Waals surface area contributed by atoms with Crippen LogP contribution in [0.3, 0.4) is 0 Å². The summed E-state index contributed by atoms with van der Waals surface area (Å²) in [6.45, 7) is 3.98. The number of nitrogens with zero attached hydrogens (tertiary/aromatic N) is 1. The maximum absolute atomic E-state index is 12.3. The van der Waals surface area contributed by atoms with E-state index in [9.17, 15) is 13.2 Å². The molecule has 1 aromatic heterocycles. The quantitative estimate of drug-likeness (QED) is 0.593. The van der Waals surface area contributed by atoms with E-state index in [-0.39, 0.29) is 10.8 Å². The third-order valence-corrected chi connectivity index (χ3v) is 6.11. The number of amides is 1. The minimum Gasteiger partial charge on any atom is -0.323 e. The highest BCUT2D eigenvalue weighted by Crippen LogP contribution is 2.19. The molecule has 0 radical (unpaired) electrons. The van der Waals surface area contributed by atoms with Crippen molar-refractivity contribution in [2.24, 2.45) is 0 Å². The summed E-state index contributed by atoms with van der Waals surface area (Å²) < 4.78 is 27.0. The molecule has 28 heavy (non-hydrogen) atoms. The van der Waals surface area contributed by atoms with Crippen molar-refractivity contribution in [2.45, 2.75) is 18.7 Å². The zero-order valence-electron chi connectivity index (χ0n) is 15.3. The maximum Gasteiger partial charge on any atom is 0.263 e. The lowest BCUT2D eigenvalue weighted by molar-refractivity contribution is -0.111. The summed E-state index contributed by atoms with van der Waals surface area (Å²) in [5, 5.41) is 4.70. The van der Waals surface area contributed by atoms with Crippen LogP contribution in [-0.4, -0.2) is 19.3 Å². The van der Waals surface area contributed by atoms with Gasteiger partial charge in [-0.15, -0.1) is 11.3 Å². The van der Waals surface area contributed by atoms with Gasteiger partial charge in [0, 0.05) is 23.3 Å². The second kappa shape index (κ2) is 8.37. The molecular weight excluding hydrogens is 394 g/mol. The lowest BCUT2D eigenvalue weighted by atomic mass is 10.1. The lowest BCUT2D eigenvalue weighted by Crippen LogP contribution is -2.13. The third kappa shape index (κ3) is 5.05. The van der Waals surface area contributed by atoms with Crippen molar-refractivity contribution >= 4 is 44.2 Å². The van der Waals surface area contributed by atoms with Gasteiger partial charge in [-0.25, -0.2) is 13.4 Å². The van der Waals surface area contributed by atoms with Gasteiger partial charge in [-0.05, 0) is 55.3 Å². The summed E-state index contributed by atoms with van der Waals surface area (Å²) in [5.74, 6) is -0.294. The first kappa shape index (κ1) is 19.8. The van der Waals surface area contributed by atoms with Crippen LogP contribution in [0.2, 0.25) is 0 Å². The number of thiazole rings is 1. The fourth-order valence-electron chi connectivity index (χ4n) is 2.45. The number of rotatable bonds is 6. The first-order valence-electron chi connectivity index (χ1n) is 8.42. The van der Waals surface area contributed by atoms with Gasteiger partial charge in [-0.3, -0.25) is 9.52 Å². The molecule has 144 valence electrons. The number of hydrogen-bond donors (Lipinski definition) is 2. The third-order valence-electron chi connectivity index (χ3n) is 3.94. The van der Waals surface area contributed by atoms with Crippen molar-refractivity contribution in [3.63, 3.8) is 0 Å². The Morgan fingerprint density at radius 1 is 1.11 bits per heavy atom. The number of carbonyl (C=O) groups is 1. The number of anilines is 2. The van der Waals surface area contributed by atoms with Crippen molar-refractivity contribution in [1.82, 2.24) is 4.98 Å². The number of hydrogen-bond acceptors (Lipinski definition) is 5. The molecule has 0 saturated heterocycles. The Bertz CT molecular complexity index is 1100. The molecule has 0 aliphatic rings. The summed E-state index contributed by atoms with van der Waals surface area (Å²) in [4.78, 5) is 16.1. The number of nitrogens with one attached hydrogen (secondary N) is 2. The number of aryl methyl sites for hydroxylation is 2. The van der Waals surface area contributed by atoms with E-state index >= 15 is 0 Å². The summed E-state index contributed by atoms with van der Waals surface area (Å²) in [5.41, 5.74) is 3.68. The van der Waals surface area contributed by atoms with Gasteiger partial charge >= 0.3 is 0 Å². The van der Waals surface area contributed by atoms with Crippen molar-refractivity contribution in [3.8, 4) is 0 Å². The normalized spacial score (nSPS) is 11.5. The van der Waals surface area contributed by atoms with Gasteiger partial charge in [0.2, 0.25) is 5.91 Å². The van der Waals surface area contributed by atoms with Crippen LogP contribution in [-0.2, 0) is 14.8 Å². The average molecular weight is 414 g/mol. The lowest BCUT2D eigenvalue weighted by Gasteiger charge is -2.07. The molecule has 3 rings (SSSR count).